The van der Waals surface area contributed by atoms with Crippen molar-refractivity contribution in [3.63, 3.8) is 0 Å². The van der Waals surface area contributed by atoms with E-state index in [4.69, 9.17) is 5.73 Å². The van der Waals surface area contributed by atoms with Gasteiger partial charge < -0.3 is 5.73 Å². The van der Waals surface area contributed by atoms with E-state index in [0.29, 0.717) is 11.1 Å². The summed E-state index contributed by atoms with van der Waals surface area (Å²) < 4.78 is 37.9. The Bertz CT molecular complexity index is 569. The zero-order valence-electron chi connectivity index (χ0n) is 9.21. The van der Waals surface area contributed by atoms with Crippen LogP contribution in [0.4, 0.5) is 13.2 Å². The van der Waals surface area contributed by atoms with Gasteiger partial charge in [0.25, 0.3) is 0 Å². The molecule has 0 bridgehead atoms. The minimum absolute atomic E-state index is 0.408. The Kier molecular flexibility index (Phi) is 3.59. The van der Waals surface area contributed by atoms with E-state index in [1.165, 1.54) is 0 Å². The van der Waals surface area contributed by atoms with E-state index in [1.807, 2.05) is 0 Å². The highest BCUT2D eigenvalue weighted by Gasteiger charge is 2.31. The molecular formula is C12H10BrF3N2. The van der Waals surface area contributed by atoms with Gasteiger partial charge in [0, 0.05) is 22.1 Å². The van der Waals surface area contributed by atoms with Crippen molar-refractivity contribution < 1.29 is 13.2 Å². The van der Waals surface area contributed by atoms with Crippen molar-refractivity contribution in [3.8, 4) is 0 Å². The van der Waals surface area contributed by atoms with E-state index in [-0.39, 0.29) is 0 Å². The molecule has 1 aromatic heterocycles. The second-order valence-corrected chi connectivity index (χ2v) is 4.82. The van der Waals surface area contributed by atoms with Gasteiger partial charge in [0.15, 0.2) is 0 Å². The smallest absolute Gasteiger partial charge is 0.324 e. The lowest BCUT2D eigenvalue weighted by Gasteiger charge is -2.16. The molecule has 0 aliphatic rings. The zero-order valence-corrected chi connectivity index (χ0v) is 10.8. The molecule has 1 atom stereocenters. The number of halogens is 4. The average Bonchev–Trinajstić information content (AvgIpc) is 2.27. The van der Waals surface area contributed by atoms with Gasteiger partial charge in [-0.25, -0.2) is 0 Å². The lowest BCUT2D eigenvalue weighted by Crippen LogP contribution is -2.20. The molecule has 1 aromatic carbocycles. The summed E-state index contributed by atoms with van der Waals surface area (Å²) in [4.78, 5) is 4.12. The summed E-state index contributed by atoms with van der Waals surface area (Å²) >= 11 is 3.34. The van der Waals surface area contributed by atoms with Crippen LogP contribution in [0.25, 0.3) is 10.9 Å². The third kappa shape index (κ3) is 2.81. The van der Waals surface area contributed by atoms with Crippen LogP contribution in [0.1, 0.15) is 18.0 Å². The number of aromatic nitrogens is 1. The fraction of sp³-hybridized carbons (Fsp3) is 0.250. The van der Waals surface area contributed by atoms with E-state index in [0.717, 1.165) is 9.86 Å². The van der Waals surface area contributed by atoms with Crippen LogP contribution < -0.4 is 5.73 Å². The number of nitrogens with two attached hydrogens (primary N) is 1. The van der Waals surface area contributed by atoms with Crippen molar-refractivity contribution in [2.75, 3.05) is 0 Å². The van der Waals surface area contributed by atoms with Crippen molar-refractivity contribution in [2.45, 2.75) is 18.6 Å². The lowest BCUT2D eigenvalue weighted by atomic mass is 10.0. The zero-order chi connectivity index (χ0) is 13.3. The molecule has 0 aliphatic carbocycles. The number of nitrogens with zero attached hydrogens (tertiary/aromatic N) is 1. The van der Waals surface area contributed by atoms with Crippen LogP contribution >= 0.6 is 15.9 Å². The number of fused-ring (bicyclic) bond motifs is 1. The molecule has 18 heavy (non-hydrogen) atoms. The van der Waals surface area contributed by atoms with Gasteiger partial charge in [-0.2, -0.15) is 13.2 Å². The Labute approximate surface area is 110 Å². The first-order valence-corrected chi connectivity index (χ1v) is 6.03. The SMILES string of the molecule is N[C@@H](CC(F)(F)F)c1ccc(Br)c2cccnc12. The molecule has 96 valence electrons. The highest BCUT2D eigenvalue weighted by atomic mass is 79.9. The highest BCUT2D eigenvalue weighted by Crippen LogP contribution is 2.33. The normalized spacial score (nSPS) is 13.8. The Morgan fingerprint density at radius 1 is 1.28 bits per heavy atom. The first kappa shape index (κ1) is 13.3. The van der Waals surface area contributed by atoms with Gasteiger partial charge in [-0.1, -0.05) is 28.1 Å². The fourth-order valence-electron chi connectivity index (χ4n) is 1.82. The molecule has 0 spiro atoms. The van der Waals surface area contributed by atoms with E-state index < -0.39 is 18.6 Å². The topological polar surface area (TPSA) is 38.9 Å². The molecule has 2 aromatic rings. The largest absolute Gasteiger partial charge is 0.390 e. The number of hydrogen-bond donors (Lipinski definition) is 1. The third-order valence-electron chi connectivity index (χ3n) is 2.60. The monoisotopic (exact) mass is 318 g/mol. The van der Waals surface area contributed by atoms with Crippen LogP contribution in [0.3, 0.4) is 0 Å². The molecule has 0 saturated carbocycles. The molecule has 0 fully saturated rings. The van der Waals surface area contributed by atoms with E-state index >= 15 is 0 Å². The number of rotatable bonds is 2. The van der Waals surface area contributed by atoms with Crippen molar-refractivity contribution in [1.29, 1.82) is 0 Å². The predicted molar refractivity (Wildman–Crippen MR) is 67.0 cm³/mol. The maximum Gasteiger partial charge on any atom is 0.390 e. The van der Waals surface area contributed by atoms with Gasteiger partial charge in [0.1, 0.15) is 0 Å². The van der Waals surface area contributed by atoms with Gasteiger partial charge in [0.2, 0.25) is 0 Å². The summed E-state index contributed by atoms with van der Waals surface area (Å²) in [5.74, 6) is 0. The molecule has 2 rings (SSSR count). The molecular weight excluding hydrogens is 309 g/mol. The van der Waals surface area contributed by atoms with Gasteiger partial charge in [-0.3, -0.25) is 4.98 Å². The standard InChI is InChI=1S/C12H10BrF3N2/c13-9-4-3-8(10(17)6-12(14,15)16)11-7(9)2-1-5-18-11/h1-5,10H,6,17H2/t10-/m0/s1. The molecule has 2 N–H and O–H groups in total. The van der Waals surface area contributed by atoms with Crippen LogP contribution in [0.15, 0.2) is 34.9 Å². The molecule has 0 aliphatic heterocycles. The minimum Gasteiger partial charge on any atom is -0.324 e. The Morgan fingerprint density at radius 2 is 2.00 bits per heavy atom. The van der Waals surface area contributed by atoms with Crippen LogP contribution in [-0.2, 0) is 0 Å². The molecule has 1 heterocycles. The Hall–Kier alpha value is -1.14. The summed E-state index contributed by atoms with van der Waals surface area (Å²) in [5, 5.41) is 0.757. The van der Waals surface area contributed by atoms with Crippen LogP contribution in [0.2, 0.25) is 0 Å². The molecule has 6 heteroatoms. The van der Waals surface area contributed by atoms with Crippen LogP contribution in [0.5, 0.6) is 0 Å². The number of hydrogen-bond acceptors (Lipinski definition) is 2. The first-order valence-electron chi connectivity index (χ1n) is 5.24. The quantitative estimate of drug-likeness (QED) is 0.910. The molecule has 0 saturated heterocycles. The van der Waals surface area contributed by atoms with E-state index in [1.54, 1.807) is 30.5 Å². The van der Waals surface area contributed by atoms with E-state index in [2.05, 4.69) is 20.9 Å². The molecule has 0 amide bonds. The summed E-state index contributed by atoms with van der Waals surface area (Å²) in [6.07, 6.45) is -3.80. The summed E-state index contributed by atoms with van der Waals surface area (Å²) in [6.45, 7) is 0. The lowest BCUT2D eigenvalue weighted by molar-refractivity contribution is -0.138. The highest BCUT2D eigenvalue weighted by molar-refractivity contribution is 9.10. The van der Waals surface area contributed by atoms with Gasteiger partial charge in [0.05, 0.1) is 11.9 Å². The number of benzene rings is 1. The number of pyridine rings is 1. The second kappa shape index (κ2) is 4.85. The first-order chi connectivity index (χ1) is 8.38. The minimum atomic E-state index is -4.28. The summed E-state index contributed by atoms with van der Waals surface area (Å²) in [7, 11) is 0. The maximum atomic E-state index is 12.4. The Balaban J connectivity index is 2.49. The average molecular weight is 319 g/mol. The predicted octanol–water partition coefficient (Wildman–Crippen LogP) is 3.95. The van der Waals surface area contributed by atoms with E-state index in [9.17, 15) is 13.2 Å². The Morgan fingerprint density at radius 3 is 2.67 bits per heavy atom. The van der Waals surface area contributed by atoms with Crippen LogP contribution in [-0.4, -0.2) is 11.2 Å². The van der Waals surface area contributed by atoms with Gasteiger partial charge in [-0.15, -0.1) is 0 Å². The molecule has 0 radical (unpaired) electrons. The van der Waals surface area contributed by atoms with Crippen molar-refractivity contribution in [3.05, 3.63) is 40.5 Å². The van der Waals surface area contributed by atoms with Crippen LogP contribution in [0, 0.1) is 0 Å². The van der Waals surface area contributed by atoms with Crippen molar-refractivity contribution in [2.24, 2.45) is 5.73 Å². The summed E-state index contributed by atoms with van der Waals surface area (Å²) in [5.41, 5.74) is 6.53. The molecule has 2 nitrogen and oxygen atoms in total. The van der Waals surface area contributed by atoms with Gasteiger partial charge >= 0.3 is 6.18 Å². The number of alkyl halides is 3. The second-order valence-electron chi connectivity index (χ2n) is 3.96. The van der Waals surface area contributed by atoms with Crippen molar-refractivity contribution in [1.82, 2.24) is 4.98 Å². The fourth-order valence-corrected chi connectivity index (χ4v) is 2.27. The summed E-state index contributed by atoms with van der Waals surface area (Å²) in [6, 6.07) is 5.68. The van der Waals surface area contributed by atoms with Crippen molar-refractivity contribution >= 4 is 26.8 Å². The van der Waals surface area contributed by atoms with Gasteiger partial charge in [-0.05, 0) is 17.7 Å². The molecule has 0 unspecified atom stereocenters. The third-order valence-corrected chi connectivity index (χ3v) is 3.29. The maximum absolute atomic E-state index is 12.4.